The molecule has 4 heterocycles. The molecule has 1 aromatic heterocycles. The summed E-state index contributed by atoms with van der Waals surface area (Å²) in [5.74, 6) is 1.21. The normalized spacial score (nSPS) is 14.0. The van der Waals surface area contributed by atoms with E-state index in [-0.39, 0.29) is 23.4 Å². The highest BCUT2D eigenvalue weighted by atomic mass is 32.2. The molecule has 18 heteroatoms. The molecule has 15 nitrogen and oxygen atoms in total. The Bertz CT molecular complexity index is 3500. The molecule has 0 atom stereocenters. The maximum absolute atomic E-state index is 12.6. The van der Waals surface area contributed by atoms with Crippen LogP contribution in [0.1, 0.15) is 67.9 Å². The van der Waals surface area contributed by atoms with Gasteiger partial charge in [-0.05, 0) is 137 Å². The first kappa shape index (κ1) is 67.6. The fourth-order valence-corrected chi connectivity index (χ4v) is 11.6. The van der Waals surface area contributed by atoms with Crippen LogP contribution >= 0.6 is 35.3 Å². The van der Waals surface area contributed by atoms with Crippen molar-refractivity contribution in [3.05, 3.63) is 199 Å². The van der Waals surface area contributed by atoms with Crippen molar-refractivity contribution in [1.82, 2.24) is 25.3 Å². The lowest BCUT2D eigenvalue weighted by Crippen LogP contribution is -2.48. The third kappa shape index (κ3) is 20.1. The second-order valence-electron chi connectivity index (χ2n) is 22.1. The van der Waals surface area contributed by atoms with Gasteiger partial charge in [-0.2, -0.15) is 5.10 Å². The number of nitrogens with two attached hydrogens (primary N) is 1. The van der Waals surface area contributed by atoms with E-state index in [9.17, 15) is 19.2 Å². The van der Waals surface area contributed by atoms with E-state index in [0.717, 1.165) is 150 Å². The number of thioether (sulfide) groups is 3. The number of H-pyrrole nitrogens is 1. The molecule has 3 fully saturated rings. The number of piperazine rings is 3. The van der Waals surface area contributed by atoms with E-state index in [1.54, 1.807) is 49.5 Å². The van der Waals surface area contributed by atoms with E-state index in [1.807, 2.05) is 116 Å². The van der Waals surface area contributed by atoms with E-state index in [2.05, 4.69) is 128 Å². The number of hydrogen-bond acceptors (Lipinski definition) is 15. The smallest absolute Gasteiger partial charge is 0.219 e. The predicted octanol–water partition coefficient (Wildman–Crippen LogP) is 13.3. The minimum absolute atomic E-state index is 0.00975. The summed E-state index contributed by atoms with van der Waals surface area (Å²) in [4.78, 5) is 57.9. The largest absolute Gasteiger partial charge is 0.399 e. The van der Waals surface area contributed by atoms with Gasteiger partial charge in [0.2, 0.25) is 11.8 Å². The first-order valence-corrected chi connectivity index (χ1v) is 33.5. The molecule has 3 saturated heterocycles. The van der Waals surface area contributed by atoms with Crippen LogP contribution in [-0.4, -0.2) is 141 Å². The highest BCUT2D eigenvalue weighted by Crippen LogP contribution is 2.30. The molecule has 2 amide bonds. The Morgan fingerprint density at radius 2 is 0.932 bits per heavy atom. The highest BCUT2D eigenvalue weighted by Gasteiger charge is 2.21. The molecule has 0 unspecified atom stereocenters. The lowest BCUT2D eigenvalue weighted by atomic mass is 10.1. The number of hydrogen-bond donors (Lipinski definition) is 5. The summed E-state index contributed by atoms with van der Waals surface area (Å²) in [7, 11) is 0. The molecule has 6 aromatic carbocycles. The standard InChI is InChI=1S/C24H29N3O2S.C21H25N5.C13H19N3O.C12H14OS2/c1-17-5-7-20(8-6-17)23(29)16-24(30-4)25-22-10-9-21(15-18(22)2)27-13-11-26(12-14-27)19(3)28;1-15-3-5-17(6-4-15)20-14-21(25-24-20)23-19-8-7-18(13-16(19)2)26-11-9-22-10-12-26;1-10-9-12(3-4-13(10)14)16-7-5-15(6-8-16)11(2)17;1-9-4-6-10(7-5-9)11(13)8-12(14-2)15-3/h5-10,15-16,25H,11-14H2,1-4H3;3-8,13-14,22H,9-12H2,1-2H3,(H2,23,24,25);3-4,9H,5-8,14H2,1-2H3;4-8H,1-3H3/b24-16-;;;. The Morgan fingerprint density at radius 1 is 0.500 bits per heavy atom. The van der Waals surface area contributed by atoms with Crippen LogP contribution in [0.3, 0.4) is 0 Å². The number of nitrogens with zero attached hydrogens (tertiary/aromatic N) is 6. The lowest BCUT2D eigenvalue weighted by molar-refractivity contribution is -0.129. The zero-order chi connectivity index (χ0) is 63.3. The summed E-state index contributed by atoms with van der Waals surface area (Å²) < 4.78 is 1.04. The number of carbonyl (C=O) groups excluding carboxylic acids is 4. The van der Waals surface area contributed by atoms with Gasteiger partial charge < -0.3 is 46.2 Å². The number of benzene rings is 6. The molecule has 0 bridgehead atoms. The van der Waals surface area contributed by atoms with E-state index in [0.29, 0.717) is 5.56 Å². The maximum atomic E-state index is 12.6. The number of allylic oxidation sites excluding steroid dienone is 2. The number of carbonyl (C=O) groups is 4. The number of anilines is 7. The first-order chi connectivity index (χ1) is 42.3. The molecule has 88 heavy (non-hydrogen) atoms. The predicted molar refractivity (Wildman–Crippen MR) is 375 cm³/mol. The molecule has 7 aromatic rings. The van der Waals surface area contributed by atoms with Crippen molar-refractivity contribution in [2.75, 3.05) is 128 Å². The van der Waals surface area contributed by atoms with Gasteiger partial charge >= 0.3 is 0 Å². The molecule has 0 saturated carbocycles. The SMILES string of the molecule is CC(=O)N1CCN(c2ccc(N)c(C)c2)CC1.CS/C(=C\C(=O)c1ccc(C)cc1)Nc1ccc(N2CCN(C(C)=O)CC2)cc1C.CSC(=CC(=O)c1ccc(C)cc1)SC.Cc1ccc(-c2cc(Nc3ccc(N4CCNCC4)cc3C)n[nH]2)cc1. The van der Waals surface area contributed by atoms with Crippen molar-refractivity contribution < 1.29 is 19.2 Å². The third-order valence-electron chi connectivity index (χ3n) is 15.6. The van der Waals surface area contributed by atoms with Crippen molar-refractivity contribution in [2.24, 2.45) is 0 Å². The summed E-state index contributed by atoms with van der Waals surface area (Å²) in [5.41, 5.74) is 23.0. The first-order valence-electron chi connectivity index (χ1n) is 29.8. The lowest BCUT2D eigenvalue weighted by Gasteiger charge is -2.36. The minimum Gasteiger partial charge on any atom is -0.399 e. The topological polar surface area (TPSA) is 175 Å². The Balaban J connectivity index is 0.000000174. The van der Waals surface area contributed by atoms with Gasteiger partial charge in [0.25, 0.3) is 0 Å². The van der Waals surface area contributed by atoms with Crippen LogP contribution in [0.25, 0.3) is 11.3 Å². The summed E-state index contributed by atoms with van der Waals surface area (Å²) in [6, 6.07) is 44.8. The summed E-state index contributed by atoms with van der Waals surface area (Å²) >= 11 is 4.71. The van der Waals surface area contributed by atoms with E-state index in [1.165, 1.54) is 39.8 Å². The van der Waals surface area contributed by atoms with Gasteiger partial charge in [0.05, 0.1) is 10.7 Å². The summed E-state index contributed by atoms with van der Waals surface area (Å²) in [6.45, 7) is 26.4. The van der Waals surface area contributed by atoms with E-state index in [4.69, 9.17) is 5.73 Å². The number of nitrogens with one attached hydrogen (secondary N) is 4. The fourth-order valence-electron chi connectivity index (χ4n) is 10.0. The number of aromatic nitrogens is 2. The zero-order valence-corrected chi connectivity index (χ0v) is 55.4. The number of aryl methyl sites for hydroxylation is 6. The second-order valence-corrected chi connectivity index (χ2v) is 24.9. The summed E-state index contributed by atoms with van der Waals surface area (Å²) in [5, 5.41) is 18.6. The molecule has 0 radical (unpaired) electrons. The molecule has 464 valence electrons. The van der Waals surface area contributed by atoms with Crippen molar-refractivity contribution in [2.45, 2.75) is 55.4 Å². The van der Waals surface area contributed by atoms with Crippen molar-refractivity contribution >= 4 is 98.6 Å². The second kappa shape index (κ2) is 33.4. The minimum atomic E-state index is -0.00975. The fraction of sp³-hybridized carbons (Fsp3) is 0.329. The van der Waals surface area contributed by atoms with Crippen molar-refractivity contribution in [1.29, 1.82) is 0 Å². The van der Waals surface area contributed by atoms with Gasteiger partial charge in [0.15, 0.2) is 17.4 Å². The maximum Gasteiger partial charge on any atom is 0.219 e. The quantitative estimate of drug-likeness (QED) is 0.0372. The molecular formula is C70H87N11O4S3. The van der Waals surface area contributed by atoms with Crippen LogP contribution < -0.4 is 36.4 Å². The van der Waals surface area contributed by atoms with Crippen LogP contribution in [0.2, 0.25) is 0 Å². The van der Waals surface area contributed by atoms with Crippen LogP contribution in [0, 0.1) is 41.5 Å². The molecule has 6 N–H and O–H groups in total. The Morgan fingerprint density at radius 3 is 1.38 bits per heavy atom. The molecule has 0 spiro atoms. The zero-order valence-electron chi connectivity index (χ0n) is 53.0. The number of ketones is 2. The van der Waals surface area contributed by atoms with Gasteiger partial charge in [-0.15, -0.1) is 35.3 Å². The van der Waals surface area contributed by atoms with E-state index >= 15 is 0 Å². The molecular weight excluding hydrogens is 1160 g/mol. The molecule has 3 aliphatic rings. The Labute approximate surface area is 534 Å². The van der Waals surface area contributed by atoms with Crippen LogP contribution in [0.15, 0.2) is 155 Å². The van der Waals surface area contributed by atoms with E-state index < -0.39 is 0 Å². The van der Waals surface area contributed by atoms with Gasteiger partial charge in [0, 0.05) is 160 Å². The van der Waals surface area contributed by atoms with Gasteiger partial charge in [0.1, 0.15) is 0 Å². The average Bonchev–Trinajstić information content (AvgIpc) is 4.03. The third-order valence-corrected chi connectivity index (χ3v) is 18.3. The van der Waals surface area contributed by atoms with Crippen LogP contribution in [-0.2, 0) is 9.59 Å². The Kier molecular flexibility index (Phi) is 25.7. The van der Waals surface area contributed by atoms with Crippen molar-refractivity contribution in [3.8, 4) is 11.3 Å². The Hall–Kier alpha value is -7.90. The number of nitrogen functional groups attached to an aromatic ring is 1. The van der Waals surface area contributed by atoms with Gasteiger partial charge in [-0.25, -0.2) is 0 Å². The number of rotatable bonds is 15. The monoisotopic (exact) mass is 1240 g/mol. The molecule has 0 aliphatic carbocycles. The van der Waals surface area contributed by atoms with Gasteiger partial charge in [-0.3, -0.25) is 24.3 Å². The molecule has 10 rings (SSSR count). The summed E-state index contributed by atoms with van der Waals surface area (Å²) in [6.07, 6.45) is 9.26. The number of amides is 2. The average molecular weight is 1240 g/mol. The highest BCUT2D eigenvalue weighted by molar-refractivity contribution is 8.21. The van der Waals surface area contributed by atoms with Gasteiger partial charge in [-0.1, -0.05) is 89.5 Å². The van der Waals surface area contributed by atoms with Crippen molar-refractivity contribution in [3.63, 3.8) is 0 Å². The van der Waals surface area contributed by atoms with Crippen LogP contribution in [0.5, 0.6) is 0 Å². The van der Waals surface area contributed by atoms with Crippen LogP contribution in [0.4, 0.5) is 39.9 Å². The molecule has 3 aliphatic heterocycles. The number of aromatic amines is 1.